The van der Waals surface area contributed by atoms with E-state index in [-0.39, 0.29) is 26.1 Å². The third-order valence-electron chi connectivity index (χ3n) is 6.99. The second kappa shape index (κ2) is 11.4. The molecule has 2 saturated heterocycles. The fourth-order valence-electron chi connectivity index (χ4n) is 5.08. The monoisotopic (exact) mass is 565 g/mol. The molecule has 0 bridgehead atoms. The highest BCUT2D eigenvalue weighted by Crippen LogP contribution is 2.40. The van der Waals surface area contributed by atoms with Crippen LogP contribution in [0.15, 0.2) is 60.7 Å². The van der Waals surface area contributed by atoms with E-state index in [9.17, 15) is 19.2 Å². The molecule has 41 heavy (non-hydrogen) atoms. The summed E-state index contributed by atoms with van der Waals surface area (Å²) in [5.41, 5.74) is -1.20. The summed E-state index contributed by atoms with van der Waals surface area (Å²) >= 11 is 0. The number of anilines is 1. The number of carbonyl (C=O) groups excluding carboxylic acids is 4. The van der Waals surface area contributed by atoms with Gasteiger partial charge in [0.15, 0.2) is 5.60 Å². The van der Waals surface area contributed by atoms with Gasteiger partial charge in [-0.25, -0.2) is 14.4 Å². The van der Waals surface area contributed by atoms with Gasteiger partial charge in [-0.15, -0.1) is 0 Å². The zero-order chi connectivity index (χ0) is 30.0. The number of hydrogen-bond donors (Lipinski definition) is 1. The van der Waals surface area contributed by atoms with Crippen LogP contribution in [0.4, 0.5) is 15.3 Å². The molecule has 0 aliphatic carbocycles. The lowest BCUT2D eigenvalue weighted by Gasteiger charge is -2.35. The van der Waals surface area contributed by atoms with Crippen LogP contribution in [0.25, 0.3) is 0 Å². The van der Waals surface area contributed by atoms with Gasteiger partial charge in [0.05, 0.1) is 13.1 Å². The Morgan fingerprint density at radius 3 is 2.17 bits per heavy atom. The summed E-state index contributed by atoms with van der Waals surface area (Å²) in [5.74, 6) is -1.09. The number of alkyl carbamates (subject to hydrolysis) is 1. The van der Waals surface area contributed by atoms with Gasteiger partial charge >= 0.3 is 18.2 Å². The number of nitrogens with one attached hydrogen (secondary N) is 1. The first kappa shape index (κ1) is 29.9. The molecule has 2 aromatic carbocycles. The molecule has 2 heterocycles. The lowest BCUT2D eigenvalue weighted by Crippen LogP contribution is -2.57. The lowest BCUT2D eigenvalue weighted by molar-refractivity contribution is -0.164. The molecule has 0 radical (unpaired) electrons. The second-order valence-electron chi connectivity index (χ2n) is 12.7. The van der Waals surface area contributed by atoms with Crippen molar-refractivity contribution in [1.29, 1.82) is 0 Å². The quantitative estimate of drug-likeness (QED) is 0.400. The molecular weight excluding hydrogens is 526 g/mol. The fourth-order valence-corrected chi connectivity index (χ4v) is 5.08. The van der Waals surface area contributed by atoms with Gasteiger partial charge in [0.1, 0.15) is 24.3 Å². The molecule has 10 nitrogen and oxygen atoms in total. The number of likely N-dealkylation sites (tertiary alicyclic amines) is 1. The van der Waals surface area contributed by atoms with E-state index >= 15 is 0 Å². The first-order chi connectivity index (χ1) is 19.2. The van der Waals surface area contributed by atoms with Crippen LogP contribution in [0, 0.1) is 5.41 Å². The van der Waals surface area contributed by atoms with E-state index in [0.717, 1.165) is 5.56 Å². The second-order valence-corrected chi connectivity index (χ2v) is 12.7. The number of esters is 1. The summed E-state index contributed by atoms with van der Waals surface area (Å²) < 4.78 is 16.9. The van der Waals surface area contributed by atoms with Crippen molar-refractivity contribution in [1.82, 2.24) is 10.2 Å². The summed E-state index contributed by atoms with van der Waals surface area (Å²) in [7, 11) is 0. The van der Waals surface area contributed by atoms with E-state index in [1.807, 2.05) is 69.3 Å². The standard InChI is InChI=1S/C31H39N3O7/c1-29(2,3)24(32-27(37)39-18-21-13-9-7-10-14-21)25(35)34-20-31(17-23(34)26(36)40-30(4,5)6)19-33(28(38)41-31)22-15-11-8-12-16-22/h7-16,23-24H,17-20H2,1-6H3,(H,32,37)/t23?,24-,31?/m1/s1. The number of rotatable bonds is 6. The van der Waals surface area contributed by atoms with Crippen LogP contribution in [0.2, 0.25) is 0 Å². The lowest BCUT2D eigenvalue weighted by atomic mass is 9.85. The number of nitrogens with zero attached hydrogens (tertiary/aromatic N) is 2. The molecule has 2 aromatic rings. The van der Waals surface area contributed by atoms with Gasteiger partial charge < -0.3 is 24.4 Å². The molecule has 10 heteroatoms. The van der Waals surface area contributed by atoms with Crippen LogP contribution in [-0.2, 0) is 30.4 Å². The maximum atomic E-state index is 14.1. The highest BCUT2D eigenvalue weighted by atomic mass is 16.6. The maximum absolute atomic E-state index is 14.1. The van der Waals surface area contributed by atoms with Gasteiger partial charge in [-0.1, -0.05) is 69.3 Å². The maximum Gasteiger partial charge on any atom is 0.415 e. The van der Waals surface area contributed by atoms with Crippen LogP contribution < -0.4 is 10.2 Å². The third kappa shape index (κ3) is 7.17. The Morgan fingerprint density at radius 1 is 0.976 bits per heavy atom. The Balaban J connectivity index is 1.57. The van der Waals surface area contributed by atoms with Gasteiger partial charge in [-0.2, -0.15) is 0 Å². The van der Waals surface area contributed by atoms with Gasteiger partial charge in [0.2, 0.25) is 5.91 Å². The van der Waals surface area contributed by atoms with E-state index < -0.39 is 52.8 Å². The molecule has 3 atom stereocenters. The van der Waals surface area contributed by atoms with Crippen molar-refractivity contribution in [2.24, 2.45) is 5.41 Å². The van der Waals surface area contributed by atoms with Gasteiger partial charge in [-0.3, -0.25) is 9.69 Å². The van der Waals surface area contributed by atoms with Crippen molar-refractivity contribution in [3.63, 3.8) is 0 Å². The molecular formula is C31H39N3O7. The average molecular weight is 566 g/mol. The van der Waals surface area contributed by atoms with Crippen molar-refractivity contribution in [2.75, 3.05) is 18.0 Å². The number of benzene rings is 2. The largest absolute Gasteiger partial charge is 0.458 e. The number of amides is 3. The Hall–Kier alpha value is -4.08. The minimum Gasteiger partial charge on any atom is -0.458 e. The Labute approximate surface area is 240 Å². The first-order valence-corrected chi connectivity index (χ1v) is 13.7. The highest BCUT2D eigenvalue weighted by Gasteiger charge is 2.58. The average Bonchev–Trinajstić information content (AvgIpc) is 3.44. The van der Waals surface area contributed by atoms with Crippen molar-refractivity contribution in [3.05, 3.63) is 66.2 Å². The predicted molar refractivity (Wildman–Crippen MR) is 152 cm³/mol. The zero-order valence-corrected chi connectivity index (χ0v) is 24.5. The minimum absolute atomic E-state index is 0.0296. The third-order valence-corrected chi connectivity index (χ3v) is 6.99. The topological polar surface area (TPSA) is 114 Å². The normalized spacial score (nSPS) is 21.4. The number of hydrogen-bond acceptors (Lipinski definition) is 7. The van der Waals surface area contributed by atoms with Gasteiger partial charge in [-0.05, 0) is 43.9 Å². The first-order valence-electron chi connectivity index (χ1n) is 13.7. The SMILES string of the molecule is CC(C)(C)OC(=O)C1CC2(CN(c3ccccc3)C(=O)O2)CN1C(=O)[C@@H](NC(=O)OCc1ccccc1)C(C)(C)C. The number of ether oxygens (including phenoxy) is 3. The van der Waals surface area contributed by atoms with Crippen molar-refractivity contribution < 1.29 is 33.4 Å². The molecule has 3 amide bonds. The highest BCUT2D eigenvalue weighted by molar-refractivity contribution is 5.93. The summed E-state index contributed by atoms with van der Waals surface area (Å²) in [6, 6.07) is 16.2. The Kier molecular flexibility index (Phi) is 8.33. The van der Waals surface area contributed by atoms with E-state index in [2.05, 4.69) is 5.32 Å². The van der Waals surface area contributed by atoms with E-state index in [1.54, 1.807) is 32.9 Å². The molecule has 0 aromatic heterocycles. The number of para-hydroxylation sites is 1. The molecule has 2 fully saturated rings. The molecule has 1 N–H and O–H groups in total. The Bertz CT molecular complexity index is 1270. The minimum atomic E-state index is -1.12. The predicted octanol–water partition coefficient (Wildman–Crippen LogP) is 4.67. The van der Waals surface area contributed by atoms with Crippen LogP contribution in [0.1, 0.15) is 53.5 Å². The Morgan fingerprint density at radius 2 is 1.59 bits per heavy atom. The van der Waals surface area contributed by atoms with Crippen molar-refractivity contribution in [3.8, 4) is 0 Å². The number of carbonyl (C=O) groups is 4. The summed E-state index contributed by atoms with van der Waals surface area (Å²) in [6.07, 6.45) is -1.24. The van der Waals surface area contributed by atoms with Crippen LogP contribution >= 0.6 is 0 Å². The smallest absolute Gasteiger partial charge is 0.415 e. The van der Waals surface area contributed by atoms with E-state index in [0.29, 0.717) is 5.69 Å². The molecule has 4 rings (SSSR count). The van der Waals surface area contributed by atoms with Crippen molar-refractivity contribution in [2.45, 2.75) is 77.9 Å². The molecule has 2 unspecified atom stereocenters. The molecule has 220 valence electrons. The van der Waals surface area contributed by atoms with Crippen LogP contribution in [0.3, 0.4) is 0 Å². The summed E-state index contributed by atoms with van der Waals surface area (Å²) in [6.45, 7) is 10.8. The van der Waals surface area contributed by atoms with Gasteiger partial charge in [0, 0.05) is 12.1 Å². The summed E-state index contributed by atoms with van der Waals surface area (Å²) in [4.78, 5) is 56.2. The fraction of sp³-hybridized carbons (Fsp3) is 0.484. The van der Waals surface area contributed by atoms with Gasteiger partial charge in [0.25, 0.3) is 0 Å². The zero-order valence-electron chi connectivity index (χ0n) is 24.5. The molecule has 0 saturated carbocycles. The van der Waals surface area contributed by atoms with Crippen molar-refractivity contribution >= 4 is 29.8 Å². The van der Waals surface area contributed by atoms with Crippen LogP contribution in [0.5, 0.6) is 0 Å². The summed E-state index contributed by atoms with van der Waals surface area (Å²) in [5, 5.41) is 2.71. The van der Waals surface area contributed by atoms with E-state index in [4.69, 9.17) is 14.2 Å². The molecule has 2 aliphatic rings. The molecule has 1 spiro atoms. The molecule has 2 aliphatic heterocycles. The van der Waals surface area contributed by atoms with Crippen LogP contribution in [-0.4, -0.2) is 65.3 Å². The van der Waals surface area contributed by atoms with E-state index in [1.165, 1.54) is 9.80 Å².